The van der Waals surface area contributed by atoms with Crippen LogP contribution in [0.2, 0.25) is 5.02 Å². The number of hydrogen-bond acceptors (Lipinski definition) is 3. The van der Waals surface area contributed by atoms with Crippen LogP contribution in [0.5, 0.6) is 0 Å². The van der Waals surface area contributed by atoms with Gasteiger partial charge in [-0.1, -0.05) is 11.6 Å². The minimum absolute atomic E-state index is 0.0305. The SMILES string of the molecule is CCN(CC)C(=O)CN(C)CC(=O)Nc1ccc(Cl)cc1C. The number of rotatable bonds is 7. The quantitative estimate of drug-likeness (QED) is 0.837. The van der Waals surface area contributed by atoms with E-state index in [1.807, 2.05) is 20.8 Å². The number of benzene rings is 1. The number of amides is 2. The molecule has 0 heterocycles. The van der Waals surface area contributed by atoms with Crippen LogP contribution in [0.25, 0.3) is 0 Å². The molecule has 0 saturated carbocycles. The fourth-order valence-electron chi connectivity index (χ4n) is 2.17. The second-order valence-electron chi connectivity index (χ2n) is 5.25. The van der Waals surface area contributed by atoms with Gasteiger partial charge in [-0.2, -0.15) is 0 Å². The third kappa shape index (κ3) is 5.66. The molecule has 6 heteroatoms. The van der Waals surface area contributed by atoms with E-state index in [1.54, 1.807) is 35.0 Å². The summed E-state index contributed by atoms with van der Waals surface area (Å²) < 4.78 is 0. The zero-order valence-corrected chi connectivity index (χ0v) is 14.4. The number of carbonyl (C=O) groups is 2. The van der Waals surface area contributed by atoms with Gasteiger partial charge in [0.2, 0.25) is 11.8 Å². The van der Waals surface area contributed by atoms with Crippen LogP contribution < -0.4 is 5.32 Å². The Bertz CT molecular complexity index is 530. The van der Waals surface area contributed by atoms with E-state index >= 15 is 0 Å². The van der Waals surface area contributed by atoms with E-state index in [9.17, 15) is 9.59 Å². The summed E-state index contributed by atoms with van der Waals surface area (Å²) in [5, 5.41) is 3.47. The number of likely N-dealkylation sites (N-methyl/N-ethyl adjacent to an activating group) is 2. The van der Waals surface area contributed by atoms with Crippen molar-refractivity contribution in [2.24, 2.45) is 0 Å². The van der Waals surface area contributed by atoms with Crippen LogP contribution >= 0.6 is 11.6 Å². The lowest BCUT2D eigenvalue weighted by atomic mass is 10.2. The van der Waals surface area contributed by atoms with E-state index in [0.29, 0.717) is 18.1 Å². The number of hydrogen-bond donors (Lipinski definition) is 1. The van der Waals surface area contributed by atoms with E-state index in [-0.39, 0.29) is 24.9 Å². The molecule has 0 fully saturated rings. The standard InChI is InChI=1S/C16H24ClN3O2/c1-5-20(6-2)16(22)11-19(4)10-15(21)18-14-8-7-13(17)9-12(14)3/h7-9H,5-6,10-11H2,1-4H3,(H,18,21). The number of halogens is 1. The first-order valence-electron chi connectivity index (χ1n) is 7.39. The first-order valence-corrected chi connectivity index (χ1v) is 7.77. The topological polar surface area (TPSA) is 52.7 Å². The van der Waals surface area contributed by atoms with E-state index in [4.69, 9.17) is 11.6 Å². The third-order valence-corrected chi connectivity index (χ3v) is 3.63. The van der Waals surface area contributed by atoms with Gasteiger partial charge in [0.15, 0.2) is 0 Å². The van der Waals surface area contributed by atoms with Crippen molar-refractivity contribution in [2.45, 2.75) is 20.8 Å². The lowest BCUT2D eigenvalue weighted by Gasteiger charge is -2.22. The summed E-state index contributed by atoms with van der Waals surface area (Å²) in [4.78, 5) is 27.5. The minimum Gasteiger partial charge on any atom is -0.342 e. The summed E-state index contributed by atoms with van der Waals surface area (Å²) in [5.74, 6) is -0.122. The molecular weight excluding hydrogens is 302 g/mol. The highest BCUT2D eigenvalue weighted by Gasteiger charge is 2.15. The Balaban J connectivity index is 2.52. The zero-order chi connectivity index (χ0) is 16.7. The highest BCUT2D eigenvalue weighted by molar-refractivity contribution is 6.30. The second kappa shape index (κ2) is 8.76. The average Bonchev–Trinajstić information content (AvgIpc) is 2.43. The molecule has 2 amide bonds. The summed E-state index contributed by atoms with van der Waals surface area (Å²) in [6, 6.07) is 5.30. The molecule has 5 nitrogen and oxygen atoms in total. The van der Waals surface area contributed by atoms with E-state index in [1.165, 1.54) is 0 Å². The van der Waals surface area contributed by atoms with E-state index in [0.717, 1.165) is 11.3 Å². The van der Waals surface area contributed by atoms with Gasteiger partial charge in [0.1, 0.15) is 0 Å². The van der Waals surface area contributed by atoms with Crippen LogP contribution in [0.15, 0.2) is 18.2 Å². The van der Waals surface area contributed by atoms with Crippen LogP contribution in [0.1, 0.15) is 19.4 Å². The molecule has 0 aliphatic rings. The van der Waals surface area contributed by atoms with Crippen molar-refractivity contribution in [2.75, 3.05) is 38.5 Å². The lowest BCUT2D eigenvalue weighted by Crippen LogP contribution is -2.41. The maximum absolute atomic E-state index is 12.0. The number of nitrogens with one attached hydrogen (secondary N) is 1. The third-order valence-electron chi connectivity index (χ3n) is 3.40. The van der Waals surface area contributed by atoms with Crippen LogP contribution in [0.4, 0.5) is 5.69 Å². The van der Waals surface area contributed by atoms with Gasteiger partial charge in [-0.25, -0.2) is 0 Å². The Kier molecular flexibility index (Phi) is 7.35. The molecule has 1 N–H and O–H groups in total. The zero-order valence-electron chi connectivity index (χ0n) is 13.6. The van der Waals surface area contributed by atoms with Gasteiger partial charge in [0.05, 0.1) is 13.1 Å². The van der Waals surface area contributed by atoms with Crippen molar-refractivity contribution >= 4 is 29.1 Å². The van der Waals surface area contributed by atoms with Gasteiger partial charge >= 0.3 is 0 Å². The minimum atomic E-state index is -0.153. The van der Waals surface area contributed by atoms with E-state index < -0.39 is 0 Å². The molecule has 122 valence electrons. The first kappa shape index (κ1) is 18.5. The van der Waals surface area contributed by atoms with E-state index in [2.05, 4.69) is 5.32 Å². The summed E-state index contributed by atoms with van der Waals surface area (Å²) >= 11 is 5.89. The summed E-state index contributed by atoms with van der Waals surface area (Å²) in [6.45, 7) is 7.52. The number of carbonyl (C=O) groups excluding carboxylic acids is 2. The predicted molar refractivity (Wildman–Crippen MR) is 90.2 cm³/mol. The number of nitrogens with zero attached hydrogens (tertiary/aromatic N) is 2. The molecule has 0 aliphatic carbocycles. The highest BCUT2D eigenvalue weighted by Crippen LogP contribution is 2.19. The Hall–Kier alpha value is -1.59. The van der Waals surface area contributed by atoms with Gasteiger partial charge < -0.3 is 10.2 Å². The van der Waals surface area contributed by atoms with Crippen molar-refractivity contribution in [1.29, 1.82) is 0 Å². The fourth-order valence-corrected chi connectivity index (χ4v) is 2.39. The maximum atomic E-state index is 12.0. The van der Waals surface area contributed by atoms with Crippen molar-refractivity contribution in [3.63, 3.8) is 0 Å². The van der Waals surface area contributed by atoms with Gasteiger partial charge in [0, 0.05) is 23.8 Å². The number of aryl methyl sites for hydroxylation is 1. The highest BCUT2D eigenvalue weighted by atomic mass is 35.5. The van der Waals surface area contributed by atoms with Crippen LogP contribution in [0.3, 0.4) is 0 Å². The van der Waals surface area contributed by atoms with Crippen molar-refractivity contribution in [3.05, 3.63) is 28.8 Å². The molecule has 1 aromatic carbocycles. The molecule has 0 bridgehead atoms. The van der Waals surface area contributed by atoms with Gasteiger partial charge in [-0.15, -0.1) is 0 Å². The van der Waals surface area contributed by atoms with Crippen LogP contribution in [-0.4, -0.2) is 54.8 Å². The smallest absolute Gasteiger partial charge is 0.238 e. The summed E-state index contributed by atoms with van der Waals surface area (Å²) in [6.07, 6.45) is 0. The van der Waals surface area contributed by atoms with Gasteiger partial charge in [-0.3, -0.25) is 14.5 Å². The normalized spacial score (nSPS) is 10.6. The summed E-state index contributed by atoms with van der Waals surface area (Å²) in [5.41, 5.74) is 1.64. The molecule has 0 spiro atoms. The average molecular weight is 326 g/mol. The van der Waals surface area contributed by atoms with Crippen molar-refractivity contribution in [3.8, 4) is 0 Å². The predicted octanol–water partition coefficient (Wildman–Crippen LogP) is 2.39. The molecule has 1 rings (SSSR count). The second-order valence-corrected chi connectivity index (χ2v) is 5.68. The molecular formula is C16H24ClN3O2. The molecule has 0 atom stereocenters. The molecule has 0 saturated heterocycles. The molecule has 0 aliphatic heterocycles. The van der Waals surface area contributed by atoms with Crippen molar-refractivity contribution < 1.29 is 9.59 Å². The van der Waals surface area contributed by atoms with Gasteiger partial charge in [0.25, 0.3) is 0 Å². The van der Waals surface area contributed by atoms with Crippen LogP contribution in [-0.2, 0) is 9.59 Å². The largest absolute Gasteiger partial charge is 0.342 e. The fraction of sp³-hybridized carbons (Fsp3) is 0.500. The molecule has 0 radical (unpaired) electrons. The Morgan fingerprint density at radius 1 is 1.18 bits per heavy atom. The maximum Gasteiger partial charge on any atom is 0.238 e. The van der Waals surface area contributed by atoms with Gasteiger partial charge in [-0.05, 0) is 51.6 Å². The Morgan fingerprint density at radius 2 is 1.82 bits per heavy atom. The van der Waals surface area contributed by atoms with Crippen molar-refractivity contribution in [1.82, 2.24) is 9.80 Å². The lowest BCUT2D eigenvalue weighted by molar-refractivity contribution is -0.132. The van der Waals surface area contributed by atoms with Crippen LogP contribution in [0, 0.1) is 6.92 Å². The first-order chi connectivity index (χ1) is 10.4. The Labute approximate surface area is 137 Å². The summed E-state index contributed by atoms with van der Waals surface area (Å²) in [7, 11) is 1.76. The number of anilines is 1. The Morgan fingerprint density at radius 3 is 2.36 bits per heavy atom. The monoisotopic (exact) mass is 325 g/mol. The molecule has 0 aromatic heterocycles. The molecule has 0 unspecified atom stereocenters. The molecule has 1 aromatic rings. The molecule has 22 heavy (non-hydrogen) atoms.